The second-order valence-corrected chi connectivity index (χ2v) is 5.42. The summed E-state index contributed by atoms with van der Waals surface area (Å²) in [5.74, 6) is 0.0600. The molecule has 0 N–H and O–H groups in total. The average molecular weight is 310 g/mol. The monoisotopic (exact) mass is 310 g/mol. The van der Waals surface area contributed by atoms with E-state index in [0.717, 1.165) is 16.9 Å². The normalized spacial score (nSPS) is 15.3. The molecule has 7 heteroatoms. The highest BCUT2D eigenvalue weighted by atomic mass is 16.6. The second-order valence-electron chi connectivity index (χ2n) is 5.42. The maximum atomic E-state index is 11.7. The summed E-state index contributed by atoms with van der Waals surface area (Å²) in [5, 5.41) is 0. The third-order valence-corrected chi connectivity index (χ3v) is 3.91. The van der Waals surface area contributed by atoms with Crippen molar-refractivity contribution in [1.29, 1.82) is 0 Å². The number of nitrogens with zero attached hydrogens (tertiary/aromatic N) is 4. The van der Waals surface area contributed by atoms with Crippen LogP contribution in [0.1, 0.15) is 12.8 Å². The number of esters is 1. The first-order valence-electron chi connectivity index (χ1n) is 7.23. The lowest BCUT2D eigenvalue weighted by Gasteiger charge is -2.14. The summed E-state index contributed by atoms with van der Waals surface area (Å²) in [6.07, 6.45) is 10.0. The molecule has 3 aromatic rings. The van der Waals surface area contributed by atoms with Gasteiger partial charge < -0.3 is 9.47 Å². The Hall–Kier alpha value is -2.96. The van der Waals surface area contributed by atoms with E-state index in [-0.39, 0.29) is 5.97 Å². The van der Waals surface area contributed by atoms with Gasteiger partial charge in [-0.3, -0.25) is 9.38 Å². The number of carbonyl (C=O) groups excluding carboxylic acids is 1. The van der Waals surface area contributed by atoms with Crippen molar-refractivity contribution >= 4 is 11.6 Å². The number of fused-ring (bicyclic) bond motifs is 1. The molecule has 1 aliphatic rings. The quantitative estimate of drug-likeness (QED) is 0.685. The van der Waals surface area contributed by atoms with Gasteiger partial charge in [0.25, 0.3) is 0 Å². The Labute approximate surface area is 131 Å². The Morgan fingerprint density at radius 3 is 2.78 bits per heavy atom. The predicted molar refractivity (Wildman–Crippen MR) is 80.8 cm³/mol. The number of hydrogen-bond acceptors (Lipinski definition) is 6. The summed E-state index contributed by atoms with van der Waals surface area (Å²) in [4.78, 5) is 24.3. The highest BCUT2D eigenvalue weighted by Gasteiger charge is 2.54. The minimum atomic E-state index is -0.849. The topological polar surface area (TPSA) is 78.6 Å². The van der Waals surface area contributed by atoms with Crippen LogP contribution in [0, 0.1) is 0 Å². The molecule has 0 spiro atoms. The van der Waals surface area contributed by atoms with E-state index in [1.54, 1.807) is 30.9 Å². The minimum absolute atomic E-state index is 0.349. The smallest absolute Gasteiger partial charge is 0.350 e. The fourth-order valence-electron chi connectivity index (χ4n) is 2.50. The summed E-state index contributed by atoms with van der Waals surface area (Å²) >= 11 is 0. The lowest BCUT2D eigenvalue weighted by Crippen LogP contribution is -2.30. The number of rotatable bonds is 4. The molecule has 0 saturated heterocycles. The van der Waals surface area contributed by atoms with Crippen molar-refractivity contribution < 1.29 is 14.3 Å². The Bertz CT molecular complexity index is 868. The average Bonchev–Trinajstić information content (AvgIpc) is 3.25. The number of pyridine rings is 1. The van der Waals surface area contributed by atoms with Crippen LogP contribution in [0.5, 0.6) is 5.88 Å². The van der Waals surface area contributed by atoms with E-state index in [1.165, 1.54) is 7.11 Å². The molecular formula is C16H14N4O3. The van der Waals surface area contributed by atoms with Gasteiger partial charge in [0.15, 0.2) is 5.65 Å². The van der Waals surface area contributed by atoms with Gasteiger partial charge in [-0.2, -0.15) is 0 Å². The van der Waals surface area contributed by atoms with Crippen molar-refractivity contribution in [3.05, 3.63) is 43.1 Å². The zero-order valence-electron chi connectivity index (χ0n) is 12.5. The van der Waals surface area contributed by atoms with Crippen LogP contribution in [0.2, 0.25) is 0 Å². The molecule has 0 unspecified atom stereocenters. The van der Waals surface area contributed by atoms with Crippen LogP contribution in [0.4, 0.5) is 0 Å². The summed E-state index contributed by atoms with van der Waals surface area (Å²) < 4.78 is 12.4. The van der Waals surface area contributed by atoms with Gasteiger partial charge in [0.2, 0.25) is 11.5 Å². The van der Waals surface area contributed by atoms with E-state index in [1.807, 2.05) is 16.7 Å². The molecule has 1 saturated carbocycles. The predicted octanol–water partition coefficient (Wildman–Crippen LogP) is 1.88. The number of hydrogen-bond donors (Lipinski definition) is 0. The molecule has 0 amide bonds. The van der Waals surface area contributed by atoms with Crippen molar-refractivity contribution in [1.82, 2.24) is 19.4 Å². The van der Waals surface area contributed by atoms with Crippen LogP contribution in [0.3, 0.4) is 0 Å². The fraction of sp³-hybridized carbons (Fsp3) is 0.250. The molecule has 1 aliphatic carbocycles. The molecule has 0 bridgehead atoms. The Balaban J connectivity index is 1.60. The second kappa shape index (κ2) is 5.05. The zero-order chi connectivity index (χ0) is 15.9. The van der Waals surface area contributed by atoms with Gasteiger partial charge in [0.05, 0.1) is 25.2 Å². The van der Waals surface area contributed by atoms with Crippen molar-refractivity contribution in [3.8, 4) is 17.1 Å². The van der Waals surface area contributed by atoms with E-state index in [0.29, 0.717) is 18.7 Å². The number of aromatic nitrogens is 4. The highest BCUT2D eigenvalue weighted by molar-refractivity contribution is 5.83. The van der Waals surface area contributed by atoms with Crippen molar-refractivity contribution in [2.24, 2.45) is 0 Å². The lowest BCUT2D eigenvalue weighted by molar-refractivity contribution is -0.151. The summed E-state index contributed by atoms with van der Waals surface area (Å²) in [5.41, 5.74) is 1.73. The highest BCUT2D eigenvalue weighted by Crippen LogP contribution is 2.41. The van der Waals surface area contributed by atoms with Crippen LogP contribution in [0.15, 0.2) is 43.1 Å². The van der Waals surface area contributed by atoms with Crippen molar-refractivity contribution in [2.75, 3.05) is 7.11 Å². The fourth-order valence-corrected chi connectivity index (χ4v) is 2.50. The van der Waals surface area contributed by atoms with Gasteiger partial charge in [-0.1, -0.05) is 0 Å². The van der Waals surface area contributed by atoms with E-state index in [9.17, 15) is 4.79 Å². The van der Waals surface area contributed by atoms with Crippen LogP contribution < -0.4 is 4.74 Å². The maximum absolute atomic E-state index is 11.7. The molecule has 0 aliphatic heterocycles. The first-order chi connectivity index (χ1) is 11.2. The Morgan fingerprint density at radius 1 is 1.22 bits per heavy atom. The number of ether oxygens (including phenoxy) is 2. The van der Waals surface area contributed by atoms with Crippen LogP contribution >= 0.6 is 0 Å². The molecule has 7 nitrogen and oxygen atoms in total. The van der Waals surface area contributed by atoms with Crippen LogP contribution in [-0.4, -0.2) is 38.0 Å². The third-order valence-electron chi connectivity index (χ3n) is 3.91. The van der Waals surface area contributed by atoms with Crippen molar-refractivity contribution in [2.45, 2.75) is 18.4 Å². The first kappa shape index (κ1) is 13.7. The maximum Gasteiger partial charge on any atom is 0.350 e. The van der Waals surface area contributed by atoms with Gasteiger partial charge >= 0.3 is 5.97 Å². The molecular weight excluding hydrogens is 296 g/mol. The largest absolute Gasteiger partial charge is 0.466 e. The molecule has 0 aromatic carbocycles. The molecule has 0 radical (unpaired) electrons. The number of imidazole rings is 1. The first-order valence-corrected chi connectivity index (χ1v) is 7.23. The Morgan fingerprint density at radius 2 is 2.09 bits per heavy atom. The minimum Gasteiger partial charge on any atom is -0.466 e. The van der Waals surface area contributed by atoms with Crippen LogP contribution in [-0.2, 0) is 9.53 Å². The molecule has 116 valence electrons. The Kier molecular flexibility index (Phi) is 3.00. The van der Waals surface area contributed by atoms with Crippen molar-refractivity contribution in [3.63, 3.8) is 0 Å². The van der Waals surface area contributed by atoms with E-state index in [2.05, 4.69) is 15.0 Å². The lowest BCUT2D eigenvalue weighted by atomic mass is 10.2. The molecule has 0 atom stereocenters. The molecule has 23 heavy (non-hydrogen) atoms. The summed E-state index contributed by atoms with van der Waals surface area (Å²) in [6.45, 7) is 0. The van der Waals surface area contributed by atoms with E-state index >= 15 is 0 Å². The third kappa shape index (κ3) is 2.30. The van der Waals surface area contributed by atoms with Gasteiger partial charge in [-0.15, -0.1) is 0 Å². The van der Waals surface area contributed by atoms with Gasteiger partial charge in [-0.05, 0) is 6.07 Å². The molecule has 1 fully saturated rings. The number of methoxy groups -OCH3 is 1. The molecule has 3 heterocycles. The SMILES string of the molecule is COC(=O)C1(Oc2ccc(-c3cnc4cnccn34)cn2)CC1. The van der Waals surface area contributed by atoms with Gasteiger partial charge in [0, 0.05) is 43.1 Å². The van der Waals surface area contributed by atoms with Gasteiger partial charge in [-0.25, -0.2) is 14.8 Å². The summed E-state index contributed by atoms with van der Waals surface area (Å²) in [6, 6.07) is 3.64. The van der Waals surface area contributed by atoms with Crippen LogP contribution in [0.25, 0.3) is 16.9 Å². The summed E-state index contributed by atoms with van der Waals surface area (Å²) in [7, 11) is 1.36. The van der Waals surface area contributed by atoms with E-state index < -0.39 is 5.60 Å². The van der Waals surface area contributed by atoms with Gasteiger partial charge in [0.1, 0.15) is 0 Å². The van der Waals surface area contributed by atoms with E-state index in [4.69, 9.17) is 9.47 Å². The zero-order valence-corrected chi connectivity index (χ0v) is 12.5. The molecule has 4 rings (SSSR count). The molecule has 3 aromatic heterocycles. The standard InChI is InChI=1S/C16H14N4O3/c1-22-15(21)16(4-5-16)23-14-3-2-11(8-19-14)12-9-18-13-10-17-6-7-20(12)13/h2-3,6-10H,4-5H2,1H3. The number of carbonyl (C=O) groups is 1.